The first kappa shape index (κ1) is 16.1. The molecule has 0 unspecified atom stereocenters. The van der Waals surface area contributed by atoms with E-state index in [4.69, 9.17) is 14.9 Å². The van der Waals surface area contributed by atoms with E-state index in [1.165, 1.54) is 0 Å². The van der Waals surface area contributed by atoms with Gasteiger partial charge in [0.2, 0.25) is 0 Å². The zero-order valence-corrected chi connectivity index (χ0v) is 12.8. The Morgan fingerprint density at radius 3 is 2.20 bits per heavy atom. The van der Waals surface area contributed by atoms with Crippen LogP contribution in [0.2, 0.25) is 0 Å². The molecule has 0 aromatic heterocycles. The van der Waals surface area contributed by atoms with Crippen LogP contribution < -0.4 is 4.74 Å². The first-order valence-electron chi connectivity index (χ1n) is 6.97. The van der Waals surface area contributed by atoms with Gasteiger partial charge in [0.1, 0.15) is 11.6 Å². The molecular formula is C16H24N2O2. The Morgan fingerprint density at radius 1 is 1.15 bits per heavy atom. The fourth-order valence-electron chi connectivity index (χ4n) is 1.91. The lowest BCUT2D eigenvalue weighted by molar-refractivity contribution is 0.271. The number of nitrogens with zero attached hydrogens (tertiary/aromatic N) is 1. The molecule has 1 N–H and O–H groups in total. The summed E-state index contributed by atoms with van der Waals surface area (Å²) in [4.78, 5) is 2.00. The second-order valence-electron chi connectivity index (χ2n) is 4.24. The van der Waals surface area contributed by atoms with Crippen LogP contribution in [0.4, 0.5) is 0 Å². The van der Waals surface area contributed by atoms with Crippen LogP contribution in [0.25, 0.3) is 5.57 Å². The second kappa shape index (κ2) is 8.25. The Hall–Kier alpha value is -1.97. The lowest BCUT2D eigenvalue weighted by Gasteiger charge is -2.23. The van der Waals surface area contributed by atoms with Gasteiger partial charge in [0.05, 0.1) is 25.6 Å². The maximum Gasteiger partial charge on any atom is 0.131 e. The van der Waals surface area contributed by atoms with Crippen molar-refractivity contribution in [2.24, 2.45) is 0 Å². The summed E-state index contributed by atoms with van der Waals surface area (Å²) in [5, 5.41) is 8.36. The van der Waals surface area contributed by atoms with Gasteiger partial charge in [-0.3, -0.25) is 5.41 Å². The Morgan fingerprint density at radius 2 is 1.75 bits per heavy atom. The molecule has 0 aliphatic heterocycles. The molecule has 0 aliphatic carbocycles. The first-order chi connectivity index (χ1) is 9.67. The Bertz CT molecular complexity index is 448. The van der Waals surface area contributed by atoms with Crippen molar-refractivity contribution in [3.63, 3.8) is 0 Å². The average Bonchev–Trinajstić information content (AvgIpc) is 2.49. The van der Waals surface area contributed by atoms with Crippen molar-refractivity contribution in [3.05, 3.63) is 36.1 Å². The summed E-state index contributed by atoms with van der Waals surface area (Å²) in [7, 11) is 1.64. The molecule has 0 radical (unpaired) electrons. The Kier molecular flexibility index (Phi) is 6.64. The molecule has 110 valence electrons. The van der Waals surface area contributed by atoms with Crippen LogP contribution >= 0.6 is 0 Å². The van der Waals surface area contributed by atoms with Crippen molar-refractivity contribution in [1.29, 1.82) is 5.41 Å². The van der Waals surface area contributed by atoms with Crippen molar-refractivity contribution >= 4 is 11.4 Å². The standard InChI is InChI=1S/C16H24N2O2/c1-5-18(6-2)16(17)15(12-20-7-3)13-8-10-14(19-4)11-9-13/h8-12,17H,5-7H2,1-4H3/b15-12-,17-16?. The van der Waals surface area contributed by atoms with Gasteiger partial charge < -0.3 is 14.4 Å². The van der Waals surface area contributed by atoms with Crippen LogP contribution in [-0.2, 0) is 4.74 Å². The highest BCUT2D eigenvalue weighted by Gasteiger charge is 2.14. The van der Waals surface area contributed by atoms with E-state index in [1.807, 2.05) is 49.9 Å². The van der Waals surface area contributed by atoms with Gasteiger partial charge in [0, 0.05) is 13.1 Å². The largest absolute Gasteiger partial charge is 0.501 e. The quantitative estimate of drug-likeness (QED) is 0.471. The molecule has 1 aromatic rings. The van der Waals surface area contributed by atoms with E-state index in [-0.39, 0.29) is 0 Å². The summed E-state index contributed by atoms with van der Waals surface area (Å²) in [6.45, 7) is 8.22. The van der Waals surface area contributed by atoms with Crippen molar-refractivity contribution in [2.75, 3.05) is 26.8 Å². The second-order valence-corrected chi connectivity index (χ2v) is 4.24. The molecule has 0 fully saturated rings. The van der Waals surface area contributed by atoms with E-state index >= 15 is 0 Å². The summed E-state index contributed by atoms with van der Waals surface area (Å²) in [5.41, 5.74) is 1.74. The third-order valence-electron chi connectivity index (χ3n) is 3.10. The van der Waals surface area contributed by atoms with Crippen molar-refractivity contribution < 1.29 is 9.47 Å². The summed E-state index contributed by atoms with van der Waals surface area (Å²) >= 11 is 0. The minimum Gasteiger partial charge on any atom is -0.501 e. The van der Waals surface area contributed by atoms with Crippen LogP contribution in [0.3, 0.4) is 0 Å². The highest BCUT2D eigenvalue weighted by Crippen LogP contribution is 2.21. The average molecular weight is 276 g/mol. The number of ether oxygens (including phenoxy) is 2. The fraction of sp³-hybridized carbons (Fsp3) is 0.438. The summed E-state index contributed by atoms with van der Waals surface area (Å²) in [6.07, 6.45) is 1.67. The molecule has 1 rings (SSSR count). The van der Waals surface area contributed by atoms with Crippen LogP contribution in [-0.4, -0.2) is 37.5 Å². The van der Waals surface area contributed by atoms with Gasteiger partial charge in [-0.1, -0.05) is 12.1 Å². The van der Waals surface area contributed by atoms with E-state index in [2.05, 4.69) is 0 Å². The molecule has 4 nitrogen and oxygen atoms in total. The molecule has 0 amide bonds. The van der Waals surface area contributed by atoms with Gasteiger partial charge in [-0.2, -0.15) is 0 Å². The lowest BCUT2D eigenvalue weighted by atomic mass is 10.1. The number of nitrogens with one attached hydrogen (secondary N) is 1. The van der Waals surface area contributed by atoms with Crippen LogP contribution in [0.5, 0.6) is 5.75 Å². The van der Waals surface area contributed by atoms with Gasteiger partial charge in [0.25, 0.3) is 0 Å². The molecule has 20 heavy (non-hydrogen) atoms. The summed E-state index contributed by atoms with van der Waals surface area (Å²) < 4.78 is 10.6. The van der Waals surface area contributed by atoms with Gasteiger partial charge in [0.15, 0.2) is 0 Å². The fourth-order valence-corrected chi connectivity index (χ4v) is 1.91. The van der Waals surface area contributed by atoms with Crippen LogP contribution in [0.1, 0.15) is 26.3 Å². The number of hydrogen-bond acceptors (Lipinski definition) is 3. The predicted molar refractivity (Wildman–Crippen MR) is 83.2 cm³/mol. The summed E-state index contributed by atoms with van der Waals surface area (Å²) in [5.74, 6) is 1.28. The normalized spacial score (nSPS) is 11.1. The van der Waals surface area contributed by atoms with E-state index < -0.39 is 0 Å². The van der Waals surface area contributed by atoms with Gasteiger partial charge in [-0.15, -0.1) is 0 Å². The zero-order valence-electron chi connectivity index (χ0n) is 12.8. The van der Waals surface area contributed by atoms with Gasteiger partial charge in [-0.05, 0) is 38.5 Å². The highest BCUT2D eigenvalue weighted by atomic mass is 16.5. The number of benzene rings is 1. The third-order valence-corrected chi connectivity index (χ3v) is 3.10. The topological polar surface area (TPSA) is 45.5 Å². The van der Waals surface area contributed by atoms with Crippen LogP contribution in [0.15, 0.2) is 30.5 Å². The van der Waals surface area contributed by atoms with Crippen molar-refractivity contribution in [1.82, 2.24) is 4.90 Å². The van der Waals surface area contributed by atoms with E-state index in [0.29, 0.717) is 12.4 Å². The summed E-state index contributed by atoms with van der Waals surface area (Å²) in [6, 6.07) is 7.68. The van der Waals surface area contributed by atoms with Gasteiger partial charge in [-0.25, -0.2) is 0 Å². The third kappa shape index (κ3) is 4.02. The number of hydrogen-bond donors (Lipinski definition) is 1. The molecule has 1 aromatic carbocycles. The zero-order chi connectivity index (χ0) is 15.0. The number of likely N-dealkylation sites (N-methyl/N-ethyl adjacent to an activating group) is 1. The van der Waals surface area contributed by atoms with E-state index in [1.54, 1.807) is 13.4 Å². The maximum absolute atomic E-state index is 8.36. The lowest BCUT2D eigenvalue weighted by Crippen LogP contribution is -2.30. The first-order valence-corrected chi connectivity index (χ1v) is 6.97. The molecule has 0 spiro atoms. The molecule has 0 bridgehead atoms. The van der Waals surface area contributed by atoms with E-state index in [9.17, 15) is 0 Å². The number of amidine groups is 1. The molecule has 0 heterocycles. The molecule has 0 saturated heterocycles. The smallest absolute Gasteiger partial charge is 0.131 e. The molecule has 0 atom stereocenters. The Balaban J connectivity index is 3.08. The molecular weight excluding hydrogens is 252 g/mol. The molecule has 0 saturated carbocycles. The monoisotopic (exact) mass is 276 g/mol. The van der Waals surface area contributed by atoms with Crippen LogP contribution in [0, 0.1) is 5.41 Å². The van der Waals surface area contributed by atoms with Gasteiger partial charge >= 0.3 is 0 Å². The maximum atomic E-state index is 8.36. The molecule has 4 heteroatoms. The number of methoxy groups -OCH3 is 1. The minimum absolute atomic E-state index is 0.480. The minimum atomic E-state index is 0.480. The highest BCUT2D eigenvalue weighted by molar-refractivity contribution is 6.20. The Labute approximate surface area is 121 Å². The van der Waals surface area contributed by atoms with E-state index in [0.717, 1.165) is 30.0 Å². The van der Waals surface area contributed by atoms with Crippen molar-refractivity contribution in [3.8, 4) is 5.75 Å². The number of rotatable bonds is 7. The predicted octanol–water partition coefficient (Wildman–Crippen LogP) is 3.39. The SMILES string of the molecule is CCO/C=C(\C(=N)N(CC)CC)c1ccc(OC)cc1. The van der Waals surface area contributed by atoms with Crippen molar-refractivity contribution in [2.45, 2.75) is 20.8 Å². The molecule has 0 aliphatic rings.